The van der Waals surface area contributed by atoms with Crippen LogP contribution in [0.1, 0.15) is 11.1 Å². The summed E-state index contributed by atoms with van der Waals surface area (Å²) in [5, 5.41) is 15.6. The summed E-state index contributed by atoms with van der Waals surface area (Å²) < 4.78 is 48.8. The second-order valence-electron chi connectivity index (χ2n) is 7.25. The van der Waals surface area contributed by atoms with Crippen LogP contribution in [0.25, 0.3) is 16.6 Å². The Labute approximate surface area is 181 Å². The number of alkyl halides is 3. The first kappa shape index (κ1) is 21.2. The van der Waals surface area contributed by atoms with Crippen LogP contribution >= 0.6 is 11.6 Å². The average molecular weight is 447 g/mol. The molecule has 0 aliphatic carbocycles. The summed E-state index contributed by atoms with van der Waals surface area (Å²) in [6, 6.07) is 17.9. The Morgan fingerprint density at radius 1 is 1.03 bits per heavy atom. The minimum atomic E-state index is -4.98. The van der Waals surface area contributed by atoms with E-state index in [1.54, 1.807) is 23.7 Å². The molecule has 31 heavy (non-hydrogen) atoms. The third-order valence-corrected chi connectivity index (χ3v) is 5.33. The Bertz CT molecular complexity index is 1220. The summed E-state index contributed by atoms with van der Waals surface area (Å²) >= 11 is 6.06. The van der Waals surface area contributed by atoms with Crippen molar-refractivity contribution in [1.82, 2.24) is 9.78 Å². The van der Waals surface area contributed by atoms with E-state index in [9.17, 15) is 18.3 Å². The molecule has 1 atom stereocenters. The molecule has 0 radical (unpaired) electrons. The van der Waals surface area contributed by atoms with Gasteiger partial charge in [0.25, 0.3) is 0 Å². The summed E-state index contributed by atoms with van der Waals surface area (Å²) in [4.78, 5) is 0. The molecule has 8 heteroatoms. The van der Waals surface area contributed by atoms with Gasteiger partial charge in [-0.2, -0.15) is 18.3 Å². The van der Waals surface area contributed by atoms with Crippen molar-refractivity contribution >= 4 is 22.5 Å². The number of benzene rings is 3. The SMILES string of the molecule is Cc1ccc(OCC(O)(c2ccc3c(cnn3-c3ccccc3)c2)C(F)(F)F)c(Cl)c1. The topological polar surface area (TPSA) is 47.3 Å². The number of hydrogen-bond donors (Lipinski definition) is 1. The molecule has 0 saturated heterocycles. The van der Waals surface area contributed by atoms with Crippen molar-refractivity contribution in [3.8, 4) is 11.4 Å². The second kappa shape index (κ2) is 7.90. The van der Waals surface area contributed by atoms with E-state index in [1.165, 1.54) is 30.5 Å². The predicted octanol–water partition coefficient (Wildman–Crippen LogP) is 5.82. The lowest BCUT2D eigenvalue weighted by atomic mass is 9.93. The molecule has 4 aromatic rings. The quantitative estimate of drug-likeness (QED) is 0.420. The number of aryl methyl sites for hydroxylation is 1. The van der Waals surface area contributed by atoms with Gasteiger partial charge >= 0.3 is 6.18 Å². The van der Waals surface area contributed by atoms with Crippen LogP contribution in [0.2, 0.25) is 5.02 Å². The van der Waals surface area contributed by atoms with Crippen molar-refractivity contribution < 1.29 is 23.0 Å². The molecule has 0 saturated carbocycles. The molecule has 1 heterocycles. The fourth-order valence-corrected chi connectivity index (χ4v) is 3.59. The molecular formula is C23H18ClF3N2O2. The molecule has 0 aliphatic rings. The van der Waals surface area contributed by atoms with E-state index in [4.69, 9.17) is 16.3 Å². The highest BCUT2D eigenvalue weighted by Gasteiger charge is 2.56. The standard InChI is InChI=1S/C23H18ClF3N2O2/c1-15-7-10-21(19(24)11-15)31-14-22(30,23(25,26)27)17-8-9-20-16(12-17)13-28-29(20)18-5-3-2-4-6-18/h2-13,30H,14H2,1H3. The van der Waals surface area contributed by atoms with E-state index in [0.717, 1.165) is 11.3 Å². The Balaban J connectivity index is 1.70. The van der Waals surface area contributed by atoms with Gasteiger partial charge in [-0.05, 0) is 54.4 Å². The molecular weight excluding hydrogens is 429 g/mol. The maximum atomic E-state index is 13.9. The lowest BCUT2D eigenvalue weighted by Crippen LogP contribution is -2.47. The zero-order valence-corrected chi connectivity index (χ0v) is 17.2. The Kier molecular flexibility index (Phi) is 5.41. The van der Waals surface area contributed by atoms with Crippen LogP contribution in [0.4, 0.5) is 13.2 Å². The van der Waals surface area contributed by atoms with E-state index in [2.05, 4.69) is 5.10 Å². The number of nitrogens with zero attached hydrogens (tertiary/aromatic N) is 2. The van der Waals surface area contributed by atoms with Gasteiger partial charge in [0.15, 0.2) is 0 Å². The Morgan fingerprint density at radius 3 is 2.45 bits per heavy atom. The number of rotatable bonds is 5. The third kappa shape index (κ3) is 3.98. The van der Waals surface area contributed by atoms with Crippen LogP contribution in [0.3, 0.4) is 0 Å². The van der Waals surface area contributed by atoms with Gasteiger partial charge in [-0.3, -0.25) is 0 Å². The van der Waals surface area contributed by atoms with E-state index >= 15 is 0 Å². The van der Waals surface area contributed by atoms with Gasteiger partial charge in [-0.15, -0.1) is 0 Å². The van der Waals surface area contributed by atoms with E-state index in [0.29, 0.717) is 10.9 Å². The van der Waals surface area contributed by atoms with Gasteiger partial charge in [-0.1, -0.05) is 41.9 Å². The fourth-order valence-electron chi connectivity index (χ4n) is 3.30. The number of para-hydroxylation sites is 1. The van der Waals surface area contributed by atoms with E-state index in [-0.39, 0.29) is 16.3 Å². The second-order valence-corrected chi connectivity index (χ2v) is 7.65. The zero-order chi connectivity index (χ0) is 22.2. The molecule has 0 bridgehead atoms. The largest absolute Gasteiger partial charge is 0.488 e. The maximum absolute atomic E-state index is 13.9. The number of fused-ring (bicyclic) bond motifs is 1. The van der Waals surface area contributed by atoms with Crippen molar-refractivity contribution in [2.75, 3.05) is 6.61 Å². The molecule has 0 spiro atoms. The van der Waals surface area contributed by atoms with Crippen LogP contribution in [0, 0.1) is 6.92 Å². The number of halogens is 4. The number of hydrogen-bond acceptors (Lipinski definition) is 3. The molecule has 4 nitrogen and oxygen atoms in total. The lowest BCUT2D eigenvalue weighted by Gasteiger charge is -2.31. The van der Waals surface area contributed by atoms with Gasteiger partial charge < -0.3 is 9.84 Å². The molecule has 1 unspecified atom stereocenters. The van der Waals surface area contributed by atoms with Crippen molar-refractivity contribution in [1.29, 1.82) is 0 Å². The van der Waals surface area contributed by atoms with Crippen LogP contribution in [0.15, 0.2) is 72.9 Å². The minimum Gasteiger partial charge on any atom is -0.488 e. The summed E-state index contributed by atoms with van der Waals surface area (Å²) in [6.07, 6.45) is -3.52. The summed E-state index contributed by atoms with van der Waals surface area (Å²) in [5.41, 5.74) is -1.35. The van der Waals surface area contributed by atoms with E-state index in [1.807, 2.05) is 30.3 Å². The zero-order valence-electron chi connectivity index (χ0n) is 16.4. The molecule has 160 valence electrons. The monoisotopic (exact) mass is 446 g/mol. The highest BCUT2D eigenvalue weighted by Crippen LogP contribution is 2.41. The molecule has 0 fully saturated rings. The van der Waals surface area contributed by atoms with Gasteiger partial charge in [0.05, 0.1) is 22.4 Å². The van der Waals surface area contributed by atoms with Crippen molar-refractivity contribution in [3.63, 3.8) is 0 Å². The Morgan fingerprint density at radius 2 is 1.77 bits per heavy atom. The third-order valence-electron chi connectivity index (χ3n) is 5.04. The molecule has 0 amide bonds. The van der Waals surface area contributed by atoms with Crippen molar-refractivity contribution in [2.45, 2.75) is 18.7 Å². The van der Waals surface area contributed by atoms with Crippen LogP contribution in [-0.2, 0) is 5.60 Å². The highest BCUT2D eigenvalue weighted by molar-refractivity contribution is 6.32. The lowest BCUT2D eigenvalue weighted by molar-refractivity contribution is -0.275. The number of ether oxygens (including phenoxy) is 1. The molecule has 1 N–H and O–H groups in total. The van der Waals surface area contributed by atoms with Gasteiger partial charge in [-0.25, -0.2) is 4.68 Å². The average Bonchev–Trinajstić information content (AvgIpc) is 3.16. The first-order chi connectivity index (χ1) is 14.7. The van der Waals surface area contributed by atoms with Gasteiger partial charge in [0.1, 0.15) is 12.4 Å². The van der Waals surface area contributed by atoms with Crippen molar-refractivity contribution in [2.24, 2.45) is 0 Å². The summed E-state index contributed by atoms with van der Waals surface area (Å²) in [7, 11) is 0. The summed E-state index contributed by atoms with van der Waals surface area (Å²) in [6.45, 7) is 0.754. The smallest absolute Gasteiger partial charge is 0.424 e. The molecule has 0 aliphatic heterocycles. The van der Waals surface area contributed by atoms with Crippen LogP contribution in [0.5, 0.6) is 5.75 Å². The summed E-state index contributed by atoms with van der Waals surface area (Å²) in [5.74, 6) is 0.0629. The predicted molar refractivity (Wildman–Crippen MR) is 113 cm³/mol. The fraction of sp³-hybridized carbons (Fsp3) is 0.174. The normalized spacial score (nSPS) is 13.9. The number of aromatic nitrogens is 2. The minimum absolute atomic E-state index is 0.0629. The number of aliphatic hydroxyl groups is 1. The Hall–Kier alpha value is -3.03. The highest BCUT2D eigenvalue weighted by atomic mass is 35.5. The first-order valence-electron chi connectivity index (χ1n) is 9.41. The van der Waals surface area contributed by atoms with Gasteiger partial charge in [0.2, 0.25) is 5.60 Å². The van der Waals surface area contributed by atoms with Crippen molar-refractivity contribution in [3.05, 3.63) is 89.1 Å². The maximum Gasteiger partial charge on any atom is 0.424 e. The van der Waals surface area contributed by atoms with Crippen LogP contribution in [-0.4, -0.2) is 27.7 Å². The van der Waals surface area contributed by atoms with Crippen LogP contribution < -0.4 is 4.74 Å². The van der Waals surface area contributed by atoms with Gasteiger partial charge in [0, 0.05) is 5.39 Å². The molecule has 3 aromatic carbocycles. The molecule has 4 rings (SSSR count). The molecule has 1 aromatic heterocycles. The first-order valence-corrected chi connectivity index (χ1v) is 9.78. The van der Waals surface area contributed by atoms with E-state index < -0.39 is 18.4 Å².